The van der Waals surface area contributed by atoms with Gasteiger partial charge < -0.3 is 4.90 Å². The van der Waals surface area contributed by atoms with Crippen LogP contribution in [0.2, 0.25) is 0 Å². The number of nitriles is 1. The van der Waals surface area contributed by atoms with Crippen LogP contribution in [0.3, 0.4) is 0 Å². The molecule has 0 N–H and O–H groups in total. The van der Waals surface area contributed by atoms with Crippen molar-refractivity contribution in [1.29, 1.82) is 5.26 Å². The second-order valence-corrected chi connectivity index (χ2v) is 9.22. The molecule has 0 spiro atoms. The largest absolute Gasteiger partial charge is 0.342 e. The van der Waals surface area contributed by atoms with Crippen molar-refractivity contribution in [2.24, 2.45) is 34.5 Å². The quantitative estimate of drug-likeness (QED) is 0.686. The average molecular weight is 328 g/mol. The van der Waals surface area contributed by atoms with Gasteiger partial charge in [0.15, 0.2) is 0 Å². The van der Waals surface area contributed by atoms with Gasteiger partial charge in [-0.15, -0.1) is 0 Å². The Morgan fingerprint density at radius 2 is 1.92 bits per heavy atom. The Bertz CT molecular complexity index is 638. The number of hydrogen-bond acceptors (Lipinski definition) is 3. The molecule has 0 aromatic rings. The molecule has 1 amide bonds. The van der Waals surface area contributed by atoms with Gasteiger partial charge in [0.05, 0.1) is 12.0 Å². The maximum absolute atomic E-state index is 12.6. The minimum absolute atomic E-state index is 0.0987. The van der Waals surface area contributed by atoms with Crippen molar-refractivity contribution in [3.8, 4) is 6.07 Å². The molecule has 130 valence electrons. The second kappa shape index (κ2) is 5.07. The summed E-state index contributed by atoms with van der Waals surface area (Å²) < 4.78 is 0. The molecule has 0 aromatic carbocycles. The average Bonchev–Trinajstić information content (AvgIpc) is 2.82. The van der Waals surface area contributed by atoms with Gasteiger partial charge in [-0.05, 0) is 55.3 Å². The Balaban J connectivity index is 1.71. The van der Waals surface area contributed by atoms with E-state index < -0.39 is 0 Å². The number of nitrogens with zero attached hydrogens (tertiary/aromatic N) is 2. The number of hydrogen-bond donors (Lipinski definition) is 0. The fourth-order valence-corrected chi connectivity index (χ4v) is 7.15. The molecule has 4 nitrogen and oxygen atoms in total. The first-order valence-corrected chi connectivity index (χ1v) is 9.51. The molecule has 1 saturated heterocycles. The van der Waals surface area contributed by atoms with E-state index in [0.717, 1.165) is 32.1 Å². The predicted molar refractivity (Wildman–Crippen MR) is 89.7 cm³/mol. The van der Waals surface area contributed by atoms with Gasteiger partial charge in [0.1, 0.15) is 5.78 Å². The first kappa shape index (κ1) is 16.1. The maximum atomic E-state index is 12.6. The summed E-state index contributed by atoms with van der Waals surface area (Å²) in [7, 11) is 1.97. The normalized spacial score (nSPS) is 50.8. The molecule has 1 aliphatic heterocycles. The van der Waals surface area contributed by atoms with Gasteiger partial charge in [0, 0.05) is 31.3 Å². The Kier molecular flexibility index (Phi) is 3.40. The van der Waals surface area contributed by atoms with Gasteiger partial charge in [-0.1, -0.05) is 13.8 Å². The van der Waals surface area contributed by atoms with Gasteiger partial charge in [-0.2, -0.15) is 5.26 Å². The zero-order chi connectivity index (χ0) is 17.3. The summed E-state index contributed by atoms with van der Waals surface area (Å²) >= 11 is 0. The number of rotatable bonds is 0. The van der Waals surface area contributed by atoms with Crippen molar-refractivity contribution >= 4 is 11.7 Å². The molecule has 4 fully saturated rings. The number of piperidine rings is 1. The standard InChI is InChI=1S/C20H28N2O2/c1-19-9-7-17(24)22(3)15(19)5-4-13-14(19)6-8-20(2)16(23)10-12(11-21)18(13)20/h12-15,18H,4-10H2,1-3H3/t12-,13?,14?,15+,18?,19+,20+/m0/s1. The van der Waals surface area contributed by atoms with E-state index in [0.29, 0.717) is 36.5 Å². The molecule has 4 heteroatoms. The lowest BCUT2D eigenvalue weighted by atomic mass is 9.47. The van der Waals surface area contributed by atoms with Crippen LogP contribution in [0.15, 0.2) is 0 Å². The number of fused-ring (bicyclic) bond motifs is 5. The Labute approximate surface area is 144 Å². The first-order chi connectivity index (χ1) is 11.3. The molecule has 3 unspecified atom stereocenters. The fraction of sp³-hybridized carbons (Fsp3) is 0.850. The SMILES string of the molecule is CN1C(=O)CC[C@]2(C)C3CC[C@]4(C)C(=O)C[C@@H](C#N)C4C3CC[C@@H]12. The van der Waals surface area contributed by atoms with Gasteiger partial charge in [-0.25, -0.2) is 0 Å². The minimum Gasteiger partial charge on any atom is -0.342 e. The van der Waals surface area contributed by atoms with Crippen molar-refractivity contribution in [1.82, 2.24) is 4.90 Å². The monoisotopic (exact) mass is 328 g/mol. The van der Waals surface area contributed by atoms with Crippen molar-refractivity contribution in [3.05, 3.63) is 0 Å². The minimum atomic E-state index is -0.277. The number of Topliss-reactive ketones (excluding diaryl/α,β-unsaturated/α-hetero) is 1. The summed E-state index contributed by atoms with van der Waals surface area (Å²) in [5.74, 6) is 1.76. The van der Waals surface area contributed by atoms with Gasteiger partial charge in [-0.3, -0.25) is 9.59 Å². The molecule has 4 aliphatic rings. The number of ketones is 1. The molecule has 0 radical (unpaired) electrons. The second-order valence-electron chi connectivity index (χ2n) is 9.22. The smallest absolute Gasteiger partial charge is 0.222 e. The molecule has 0 bridgehead atoms. The summed E-state index contributed by atoms with van der Waals surface area (Å²) in [4.78, 5) is 26.8. The molecule has 3 saturated carbocycles. The highest BCUT2D eigenvalue weighted by Gasteiger charge is 2.63. The Morgan fingerprint density at radius 1 is 1.17 bits per heavy atom. The lowest BCUT2D eigenvalue weighted by Crippen LogP contribution is -2.61. The van der Waals surface area contributed by atoms with Gasteiger partial charge in [0.2, 0.25) is 5.91 Å². The predicted octanol–water partition coefficient (Wildman–Crippen LogP) is 3.17. The van der Waals surface area contributed by atoms with E-state index in [4.69, 9.17) is 0 Å². The van der Waals surface area contributed by atoms with Crippen LogP contribution in [0.1, 0.15) is 58.8 Å². The first-order valence-electron chi connectivity index (χ1n) is 9.51. The molecular weight excluding hydrogens is 300 g/mol. The van der Waals surface area contributed by atoms with Crippen LogP contribution < -0.4 is 0 Å². The highest BCUT2D eigenvalue weighted by molar-refractivity contribution is 5.88. The van der Waals surface area contributed by atoms with Gasteiger partial charge >= 0.3 is 0 Å². The molecule has 4 rings (SSSR count). The third-order valence-corrected chi connectivity index (χ3v) is 8.45. The molecule has 24 heavy (non-hydrogen) atoms. The number of carbonyl (C=O) groups excluding carboxylic acids is 2. The lowest BCUT2D eigenvalue weighted by Gasteiger charge is -2.61. The summed E-state index contributed by atoms with van der Waals surface area (Å²) in [5, 5.41) is 9.65. The summed E-state index contributed by atoms with van der Waals surface area (Å²) in [6.45, 7) is 4.50. The van der Waals surface area contributed by atoms with Crippen molar-refractivity contribution in [3.63, 3.8) is 0 Å². The van der Waals surface area contributed by atoms with E-state index >= 15 is 0 Å². The summed E-state index contributed by atoms with van der Waals surface area (Å²) in [6.07, 6.45) is 6.17. The van der Waals surface area contributed by atoms with Gasteiger partial charge in [0.25, 0.3) is 0 Å². The third-order valence-electron chi connectivity index (χ3n) is 8.45. The van der Waals surface area contributed by atoms with E-state index in [9.17, 15) is 14.9 Å². The number of carbonyl (C=O) groups is 2. The van der Waals surface area contributed by atoms with Crippen LogP contribution in [-0.2, 0) is 9.59 Å². The highest BCUT2D eigenvalue weighted by Crippen LogP contribution is 2.64. The van der Waals surface area contributed by atoms with Crippen LogP contribution in [0.25, 0.3) is 0 Å². The zero-order valence-electron chi connectivity index (χ0n) is 15.0. The van der Waals surface area contributed by atoms with Crippen LogP contribution in [0.5, 0.6) is 0 Å². The summed E-state index contributed by atoms with van der Waals surface area (Å²) in [5.41, 5.74) is -0.125. The van der Waals surface area contributed by atoms with Crippen LogP contribution in [0.4, 0.5) is 0 Å². The Morgan fingerprint density at radius 3 is 2.62 bits per heavy atom. The molecular formula is C20H28N2O2. The number of likely N-dealkylation sites (tertiary alicyclic amines) is 1. The third kappa shape index (κ3) is 1.85. The van der Waals surface area contributed by atoms with E-state index in [1.165, 1.54) is 0 Å². The van der Waals surface area contributed by atoms with Crippen LogP contribution in [0, 0.1) is 45.8 Å². The Hall–Kier alpha value is -1.37. The number of amides is 1. The zero-order valence-corrected chi connectivity index (χ0v) is 15.0. The van der Waals surface area contributed by atoms with E-state index in [1.54, 1.807) is 0 Å². The lowest BCUT2D eigenvalue weighted by molar-refractivity contribution is -0.159. The van der Waals surface area contributed by atoms with E-state index in [1.807, 2.05) is 11.9 Å². The molecule has 0 aromatic heterocycles. The van der Waals surface area contributed by atoms with Crippen LogP contribution in [-0.4, -0.2) is 29.7 Å². The van der Waals surface area contributed by atoms with Crippen LogP contribution >= 0.6 is 0 Å². The van der Waals surface area contributed by atoms with Crippen molar-refractivity contribution in [2.75, 3.05) is 7.05 Å². The topological polar surface area (TPSA) is 61.2 Å². The van der Waals surface area contributed by atoms with E-state index in [-0.39, 0.29) is 28.6 Å². The fourth-order valence-electron chi connectivity index (χ4n) is 7.15. The summed E-state index contributed by atoms with van der Waals surface area (Å²) in [6, 6.07) is 2.80. The molecule has 3 aliphatic carbocycles. The molecule has 7 atom stereocenters. The maximum Gasteiger partial charge on any atom is 0.222 e. The highest BCUT2D eigenvalue weighted by atomic mass is 16.2. The van der Waals surface area contributed by atoms with Crippen molar-refractivity contribution < 1.29 is 9.59 Å². The van der Waals surface area contributed by atoms with E-state index in [2.05, 4.69) is 19.9 Å². The van der Waals surface area contributed by atoms with Crippen molar-refractivity contribution in [2.45, 2.75) is 64.8 Å². The molecule has 1 heterocycles.